The Bertz CT molecular complexity index is 599. The van der Waals surface area contributed by atoms with Gasteiger partial charge in [-0.1, -0.05) is 30.3 Å². The molecule has 0 radical (unpaired) electrons. The molecule has 2 aliphatic rings. The second-order valence-corrected chi connectivity index (χ2v) is 7.14. The van der Waals surface area contributed by atoms with Crippen molar-refractivity contribution in [3.8, 4) is 0 Å². The third-order valence-electron chi connectivity index (χ3n) is 4.05. The first-order valence-electron chi connectivity index (χ1n) is 8.24. The van der Waals surface area contributed by atoms with E-state index in [1.807, 2.05) is 58.0 Å². The van der Waals surface area contributed by atoms with E-state index >= 15 is 0 Å². The molecule has 0 aliphatic carbocycles. The average Bonchev–Trinajstić information content (AvgIpc) is 2.98. The molecule has 0 aromatic heterocycles. The minimum atomic E-state index is -0.768. The van der Waals surface area contributed by atoms with Gasteiger partial charge in [0.05, 0.1) is 6.61 Å². The molecule has 3 atom stereocenters. The van der Waals surface area contributed by atoms with Crippen LogP contribution in [0.5, 0.6) is 0 Å². The van der Waals surface area contributed by atoms with Crippen LogP contribution in [-0.4, -0.2) is 47.4 Å². The van der Waals surface area contributed by atoms with Crippen molar-refractivity contribution < 1.29 is 23.7 Å². The second-order valence-electron chi connectivity index (χ2n) is 7.14. The van der Waals surface area contributed by atoms with E-state index in [2.05, 4.69) is 0 Å². The maximum absolute atomic E-state index is 12.3. The number of rotatable bonds is 4. The average molecular weight is 335 g/mol. The van der Waals surface area contributed by atoms with Crippen LogP contribution in [0.3, 0.4) is 0 Å². The predicted molar refractivity (Wildman–Crippen MR) is 88.6 cm³/mol. The van der Waals surface area contributed by atoms with Crippen LogP contribution in [0, 0.1) is 5.21 Å². The first-order valence-corrected chi connectivity index (χ1v) is 8.24. The summed E-state index contributed by atoms with van der Waals surface area (Å²) in [6.07, 6.45) is 0.395. The van der Waals surface area contributed by atoms with E-state index in [4.69, 9.17) is 18.9 Å². The number of hydrogen-bond donors (Lipinski definition) is 0. The summed E-state index contributed by atoms with van der Waals surface area (Å²) in [5.41, 5.74) is 0.944. The van der Waals surface area contributed by atoms with Crippen LogP contribution in [0.1, 0.15) is 33.3 Å². The Labute approximate surface area is 142 Å². The summed E-state index contributed by atoms with van der Waals surface area (Å²) in [6.45, 7) is 8.08. The zero-order valence-corrected chi connectivity index (χ0v) is 14.6. The third kappa shape index (κ3) is 4.13. The molecule has 3 rings (SSSR count). The lowest BCUT2D eigenvalue weighted by atomic mass is 10.1. The highest BCUT2D eigenvalue weighted by Gasteiger charge is 2.50. The molecule has 0 unspecified atom stereocenters. The molecule has 2 saturated heterocycles. The van der Waals surface area contributed by atoms with E-state index < -0.39 is 17.7 Å². The Morgan fingerprint density at radius 2 is 1.79 bits per heavy atom. The van der Waals surface area contributed by atoms with Crippen molar-refractivity contribution >= 4 is 6.21 Å². The van der Waals surface area contributed by atoms with Crippen molar-refractivity contribution in [2.24, 2.45) is 0 Å². The lowest BCUT2D eigenvalue weighted by Gasteiger charge is -2.22. The van der Waals surface area contributed by atoms with Crippen molar-refractivity contribution in [2.75, 3.05) is 6.61 Å². The summed E-state index contributed by atoms with van der Waals surface area (Å²) in [5, 5.41) is 12.3. The van der Waals surface area contributed by atoms with Gasteiger partial charge in [-0.3, -0.25) is 0 Å². The first kappa shape index (κ1) is 17.4. The summed E-state index contributed by atoms with van der Waals surface area (Å²) in [7, 11) is 0. The fraction of sp³-hybridized carbons (Fsp3) is 0.611. The fourth-order valence-corrected chi connectivity index (χ4v) is 3.08. The molecule has 132 valence electrons. The Kier molecular flexibility index (Phi) is 4.66. The van der Waals surface area contributed by atoms with Crippen LogP contribution in [-0.2, 0) is 25.5 Å². The van der Waals surface area contributed by atoms with Crippen molar-refractivity contribution in [3.05, 3.63) is 41.1 Å². The fourth-order valence-electron chi connectivity index (χ4n) is 3.08. The van der Waals surface area contributed by atoms with Gasteiger partial charge in [0.1, 0.15) is 12.2 Å². The zero-order valence-electron chi connectivity index (χ0n) is 14.6. The highest BCUT2D eigenvalue weighted by molar-refractivity contribution is 5.59. The monoisotopic (exact) mass is 335 g/mol. The quantitative estimate of drug-likeness (QED) is 0.366. The van der Waals surface area contributed by atoms with E-state index in [0.717, 1.165) is 10.3 Å². The topological polar surface area (TPSA) is 63.0 Å². The van der Waals surface area contributed by atoms with Gasteiger partial charge in [0.2, 0.25) is 0 Å². The largest absolute Gasteiger partial charge is 0.624 e. The molecule has 1 aromatic rings. The standard InChI is InChI=1S/C18H25NO5/c1-17(2)21-12-15(23-17)16-14(22-18(3,4)24-16)11-19(20)10-13-8-6-5-7-9-13/h5-9,11,14-16H,10,12H2,1-4H3/b19-11-/t14-,15+,16-/m0/s1. The van der Waals surface area contributed by atoms with Gasteiger partial charge in [0, 0.05) is 5.56 Å². The van der Waals surface area contributed by atoms with Crippen LogP contribution in [0.4, 0.5) is 0 Å². The number of benzene rings is 1. The van der Waals surface area contributed by atoms with E-state index in [9.17, 15) is 5.21 Å². The van der Waals surface area contributed by atoms with Crippen LogP contribution in [0.15, 0.2) is 30.3 Å². The van der Waals surface area contributed by atoms with Crippen molar-refractivity contribution in [1.82, 2.24) is 0 Å². The molecule has 2 heterocycles. The van der Waals surface area contributed by atoms with Crippen LogP contribution in [0.2, 0.25) is 0 Å². The number of ether oxygens (including phenoxy) is 4. The van der Waals surface area contributed by atoms with Gasteiger partial charge in [0.15, 0.2) is 30.4 Å². The first-order chi connectivity index (χ1) is 11.2. The highest BCUT2D eigenvalue weighted by atomic mass is 16.8. The Morgan fingerprint density at radius 1 is 1.08 bits per heavy atom. The number of hydroxylamine groups is 1. The lowest BCUT2D eigenvalue weighted by Crippen LogP contribution is -2.40. The van der Waals surface area contributed by atoms with Gasteiger partial charge in [-0.15, -0.1) is 0 Å². The number of nitrogens with zero attached hydrogens (tertiary/aromatic N) is 1. The molecule has 6 heteroatoms. The van der Waals surface area contributed by atoms with Crippen molar-refractivity contribution in [1.29, 1.82) is 0 Å². The van der Waals surface area contributed by atoms with Gasteiger partial charge >= 0.3 is 0 Å². The molecule has 0 N–H and O–H groups in total. The summed E-state index contributed by atoms with van der Waals surface area (Å²) in [5.74, 6) is -1.41. The van der Waals surface area contributed by atoms with Gasteiger partial charge < -0.3 is 24.2 Å². The zero-order chi connectivity index (χ0) is 17.4. The minimum absolute atomic E-state index is 0.265. The minimum Gasteiger partial charge on any atom is -0.624 e. The Balaban J connectivity index is 1.73. The SMILES string of the molecule is CC1(C)O[C@H]([C@H]2COC(C)(C)O2)[C@H](/C=[N+](\[O-])Cc2ccccc2)O1. The molecule has 0 amide bonds. The van der Waals surface area contributed by atoms with Crippen LogP contribution in [0.25, 0.3) is 0 Å². The predicted octanol–water partition coefficient (Wildman–Crippen LogP) is 2.44. The molecule has 0 saturated carbocycles. The van der Waals surface area contributed by atoms with Crippen LogP contribution >= 0.6 is 0 Å². The molecular weight excluding hydrogens is 310 g/mol. The number of hydrogen-bond acceptors (Lipinski definition) is 5. The van der Waals surface area contributed by atoms with E-state index in [-0.39, 0.29) is 18.8 Å². The lowest BCUT2D eigenvalue weighted by molar-refractivity contribution is -0.473. The maximum Gasteiger partial charge on any atom is 0.183 e. The third-order valence-corrected chi connectivity index (χ3v) is 4.05. The maximum atomic E-state index is 12.3. The molecule has 24 heavy (non-hydrogen) atoms. The van der Waals surface area contributed by atoms with Gasteiger partial charge in [-0.2, -0.15) is 0 Å². The van der Waals surface area contributed by atoms with Gasteiger partial charge in [0.25, 0.3) is 0 Å². The Morgan fingerprint density at radius 3 is 2.42 bits per heavy atom. The van der Waals surface area contributed by atoms with Gasteiger partial charge in [-0.05, 0) is 27.7 Å². The van der Waals surface area contributed by atoms with Crippen molar-refractivity contribution in [3.63, 3.8) is 0 Å². The highest BCUT2D eigenvalue weighted by Crippen LogP contribution is 2.34. The molecule has 2 fully saturated rings. The normalized spacial score (nSPS) is 32.2. The molecule has 6 nitrogen and oxygen atoms in total. The summed E-state index contributed by atoms with van der Waals surface area (Å²) in [4.78, 5) is 0. The molecule has 1 aromatic carbocycles. The molecule has 0 bridgehead atoms. The molecular formula is C18H25NO5. The summed E-state index contributed by atoms with van der Waals surface area (Å²) in [6, 6.07) is 9.59. The Hall–Kier alpha value is -1.47. The van der Waals surface area contributed by atoms with Crippen LogP contribution < -0.4 is 0 Å². The van der Waals surface area contributed by atoms with E-state index in [1.54, 1.807) is 0 Å². The summed E-state index contributed by atoms with van der Waals surface area (Å²) < 4.78 is 24.3. The smallest absolute Gasteiger partial charge is 0.183 e. The second kappa shape index (κ2) is 6.44. The van der Waals surface area contributed by atoms with E-state index in [1.165, 1.54) is 6.21 Å². The molecule has 0 spiro atoms. The van der Waals surface area contributed by atoms with E-state index in [0.29, 0.717) is 6.61 Å². The molecule has 2 aliphatic heterocycles. The summed E-state index contributed by atoms with van der Waals surface area (Å²) >= 11 is 0. The van der Waals surface area contributed by atoms with Crippen molar-refractivity contribution in [2.45, 2.75) is 64.1 Å². The van der Waals surface area contributed by atoms with Gasteiger partial charge in [-0.25, -0.2) is 4.74 Å².